The van der Waals surface area contributed by atoms with Crippen LogP contribution in [0.5, 0.6) is 0 Å². The summed E-state index contributed by atoms with van der Waals surface area (Å²) in [5.74, 6) is -0.0987. The lowest BCUT2D eigenvalue weighted by molar-refractivity contribution is -0.138. The molecule has 0 aliphatic carbocycles. The van der Waals surface area contributed by atoms with Crippen molar-refractivity contribution < 1.29 is 14.7 Å². The number of aliphatic carboxylic acids is 1. The third-order valence-electron chi connectivity index (χ3n) is 3.95. The van der Waals surface area contributed by atoms with Crippen LogP contribution < -0.4 is 5.32 Å². The number of carboxylic acid groups (broad SMARTS) is 1. The van der Waals surface area contributed by atoms with Crippen LogP contribution in [0.25, 0.3) is 11.0 Å². The van der Waals surface area contributed by atoms with Gasteiger partial charge in [-0.3, -0.25) is 9.59 Å². The van der Waals surface area contributed by atoms with Crippen molar-refractivity contribution in [2.45, 2.75) is 46.2 Å². The number of imidazole rings is 1. The number of carbonyl (C=O) groups excluding carboxylic acids is 1. The Morgan fingerprint density at radius 3 is 2.65 bits per heavy atom. The van der Waals surface area contributed by atoms with E-state index in [1.54, 1.807) is 0 Å². The zero-order valence-electron chi connectivity index (χ0n) is 13.7. The largest absolute Gasteiger partial charge is 0.481 e. The Labute approximate surface area is 135 Å². The lowest BCUT2D eigenvalue weighted by atomic mass is 10.0. The van der Waals surface area contributed by atoms with Gasteiger partial charge in [-0.15, -0.1) is 0 Å². The Kier molecular flexibility index (Phi) is 5.36. The molecule has 1 aromatic heterocycles. The molecule has 0 saturated carbocycles. The third-order valence-corrected chi connectivity index (χ3v) is 3.95. The van der Waals surface area contributed by atoms with Crippen molar-refractivity contribution in [2.24, 2.45) is 5.92 Å². The number of aromatic nitrogens is 2. The predicted octanol–water partition coefficient (Wildman–Crippen LogP) is 2.35. The highest BCUT2D eigenvalue weighted by atomic mass is 16.4. The maximum absolute atomic E-state index is 12.1. The Morgan fingerprint density at radius 2 is 2.00 bits per heavy atom. The minimum atomic E-state index is -0.902. The van der Waals surface area contributed by atoms with Crippen LogP contribution in [-0.4, -0.2) is 32.6 Å². The lowest BCUT2D eigenvalue weighted by Crippen LogP contribution is -2.40. The molecule has 0 saturated heterocycles. The van der Waals surface area contributed by atoms with Gasteiger partial charge in [0.2, 0.25) is 5.91 Å². The quantitative estimate of drug-likeness (QED) is 0.821. The highest BCUT2D eigenvalue weighted by molar-refractivity contribution is 5.78. The molecule has 23 heavy (non-hydrogen) atoms. The SMILES string of the molecule is Cc1nc2ccccc2n1CCC(=O)N[C@H](CC(=O)O)C(C)C. The van der Waals surface area contributed by atoms with Crippen molar-refractivity contribution >= 4 is 22.9 Å². The van der Waals surface area contributed by atoms with Crippen LogP contribution in [0.4, 0.5) is 0 Å². The topological polar surface area (TPSA) is 84.2 Å². The molecule has 1 aromatic carbocycles. The van der Waals surface area contributed by atoms with Crippen LogP contribution in [-0.2, 0) is 16.1 Å². The maximum Gasteiger partial charge on any atom is 0.305 e. The highest BCUT2D eigenvalue weighted by Gasteiger charge is 2.19. The number of benzene rings is 1. The van der Waals surface area contributed by atoms with Crippen LogP contribution in [0.1, 0.15) is 32.5 Å². The molecular weight excluding hydrogens is 294 g/mol. The van der Waals surface area contributed by atoms with Gasteiger partial charge in [0.15, 0.2) is 0 Å². The zero-order chi connectivity index (χ0) is 17.0. The van der Waals surface area contributed by atoms with Crippen LogP contribution in [0.3, 0.4) is 0 Å². The first-order valence-electron chi connectivity index (χ1n) is 7.81. The Balaban J connectivity index is 2.00. The van der Waals surface area contributed by atoms with E-state index in [4.69, 9.17) is 5.11 Å². The Hall–Kier alpha value is -2.37. The van der Waals surface area contributed by atoms with E-state index in [9.17, 15) is 9.59 Å². The van der Waals surface area contributed by atoms with Gasteiger partial charge in [0.1, 0.15) is 5.82 Å². The summed E-state index contributed by atoms with van der Waals surface area (Å²) in [5, 5.41) is 11.7. The second-order valence-electron chi connectivity index (χ2n) is 6.07. The lowest BCUT2D eigenvalue weighted by Gasteiger charge is -2.20. The minimum absolute atomic E-state index is 0.0591. The van der Waals surface area contributed by atoms with Crippen molar-refractivity contribution in [2.75, 3.05) is 0 Å². The van der Waals surface area contributed by atoms with Crippen molar-refractivity contribution in [3.05, 3.63) is 30.1 Å². The minimum Gasteiger partial charge on any atom is -0.481 e. The molecule has 2 rings (SSSR count). The number of hydrogen-bond donors (Lipinski definition) is 2. The summed E-state index contributed by atoms with van der Waals surface area (Å²) in [6.45, 7) is 6.25. The van der Waals surface area contributed by atoms with E-state index < -0.39 is 5.97 Å². The molecule has 0 fully saturated rings. The molecule has 0 spiro atoms. The average Bonchev–Trinajstić information content (AvgIpc) is 2.79. The molecule has 0 bridgehead atoms. The Bertz CT molecular complexity index is 706. The van der Waals surface area contributed by atoms with E-state index in [1.165, 1.54) is 0 Å². The molecule has 0 aliphatic heterocycles. The zero-order valence-corrected chi connectivity index (χ0v) is 13.7. The predicted molar refractivity (Wildman–Crippen MR) is 88.1 cm³/mol. The van der Waals surface area contributed by atoms with E-state index in [1.807, 2.05) is 49.6 Å². The number of nitrogens with zero attached hydrogens (tertiary/aromatic N) is 2. The molecule has 2 N–H and O–H groups in total. The summed E-state index contributed by atoms with van der Waals surface area (Å²) in [4.78, 5) is 27.5. The number of nitrogens with one attached hydrogen (secondary N) is 1. The van der Waals surface area contributed by atoms with E-state index in [-0.39, 0.29) is 24.3 Å². The van der Waals surface area contributed by atoms with Gasteiger partial charge in [-0.2, -0.15) is 0 Å². The number of rotatable bonds is 7. The molecule has 2 aromatic rings. The number of hydrogen-bond acceptors (Lipinski definition) is 3. The standard InChI is InChI=1S/C17H23N3O3/c1-11(2)14(10-17(22)23)19-16(21)8-9-20-12(3)18-13-6-4-5-7-15(13)20/h4-7,11,14H,8-10H2,1-3H3,(H,19,21)(H,22,23)/t14-/m1/s1. The number of aryl methyl sites for hydroxylation is 2. The molecule has 0 unspecified atom stereocenters. The first-order valence-corrected chi connectivity index (χ1v) is 7.81. The van der Waals surface area contributed by atoms with Crippen molar-refractivity contribution in [1.29, 1.82) is 0 Å². The van der Waals surface area contributed by atoms with Gasteiger partial charge in [-0.05, 0) is 25.0 Å². The van der Waals surface area contributed by atoms with E-state index in [2.05, 4.69) is 10.3 Å². The van der Waals surface area contributed by atoms with Crippen LogP contribution in [0.2, 0.25) is 0 Å². The van der Waals surface area contributed by atoms with E-state index in [0.29, 0.717) is 13.0 Å². The normalized spacial score (nSPS) is 12.5. The number of fused-ring (bicyclic) bond motifs is 1. The van der Waals surface area contributed by atoms with Crippen LogP contribution in [0, 0.1) is 12.8 Å². The highest BCUT2D eigenvalue weighted by Crippen LogP contribution is 2.16. The molecule has 0 radical (unpaired) electrons. The maximum atomic E-state index is 12.1. The number of carboxylic acids is 1. The van der Waals surface area contributed by atoms with Gasteiger partial charge in [-0.25, -0.2) is 4.98 Å². The number of amides is 1. The molecule has 1 heterocycles. The molecule has 124 valence electrons. The van der Waals surface area contributed by atoms with Crippen LogP contribution in [0.15, 0.2) is 24.3 Å². The average molecular weight is 317 g/mol. The van der Waals surface area contributed by atoms with Gasteiger partial charge in [0.05, 0.1) is 17.5 Å². The second-order valence-corrected chi connectivity index (χ2v) is 6.07. The summed E-state index contributed by atoms with van der Waals surface area (Å²) >= 11 is 0. The monoisotopic (exact) mass is 317 g/mol. The molecular formula is C17H23N3O3. The fraction of sp³-hybridized carbons (Fsp3) is 0.471. The summed E-state index contributed by atoms with van der Waals surface area (Å²) in [5.41, 5.74) is 1.92. The summed E-state index contributed by atoms with van der Waals surface area (Å²) in [7, 11) is 0. The second kappa shape index (κ2) is 7.26. The third kappa shape index (κ3) is 4.31. The fourth-order valence-electron chi connectivity index (χ4n) is 2.61. The van der Waals surface area contributed by atoms with Gasteiger partial charge in [-0.1, -0.05) is 26.0 Å². The van der Waals surface area contributed by atoms with Crippen molar-refractivity contribution in [3.63, 3.8) is 0 Å². The smallest absolute Gasteiger partial charge is 0.305 e. The molecule has 1 amide bonds. The molecule has 1 atom stereocenters. The first-order chi connectivity index (χ1) is 10.9. The molecule has 6 nitrogen and oxygen atoms in total. The van der Waals surface area contributed by atoms with Crippen molar-refractivity contribution in [1.82, 2.24) is 14.9 Å². The van der Waals surface area contributed by atoms with Gasteiger partial charge in [0, 0.05) is 19.0 Å². The molecule has 6 heteroatoms. The van der Waals surface area contributed by atoms with Gasteiger partial charge < -0.3 is 15.0 Å². The summed E-state index contributed by atoms with van der Waals surface area (Å²) in [6, 6.07) is 7.46. The molecule has 0 aliphatic rings. The van der Waals surface area contributed by atoms with E-state index in [0.717, 1.165) is 16.9 Å². The summed E-state index contributed by atoms with van der Waals surface area (Å²) in [6.07, 6.45) is 0.237. The fourth-order valence-corrected chi connectivity index (χ4v) is 2.61. The first kappa shape index (κ1) is 17.0. The van der Waals surface area contributed by atoms with Gasteiger partial charge in [0.25, 0.3) is 0 Å². The van der Waals surface area contributed by atoms with Crippen LogP contribution >= 0.6 is 0 Å². The van der Waals surface area contributed by atoms with E-state index >= 15 is 0 Å². The Morgan fingerprint density at radius 1 is 1.30 bits per heavy atom. The number of carbonyl (C=O) groups is 2. The summed E-state index contributed by atoms with van der Waals surface area (Å²) < 4.78 is 2.01. The van der Waals surface area contributed by atoms with Gasteiger partial charge >= 0.3 is 5.97 Å². The number of para-hydroxylation sites is 2. The van der Waals surface area contributed by atoms with Crippen molar-refractivity contribution in [3.8, 4) is 0 Å².